The lowest BCUT2D eigenvalue weighted by atomic mass is 9.94. The zero-order valence-electron chi connectivity index (χ0n) is 18.3. The van der Waals surface area contributed by atoms with Gasteiger partial charge in [0.15, 0.2) is 0 Å². The molecule has 1 aliphatic carbocycles. The minimum absolute atomic E-state index is 0.0602. The maximum atomic E-state index is 13.1. The molecule has 1 saturated carbocycles. The van der Waals surface area contributed by atoms with E-state index in [1.807, 2.05) is 11.8 Å². The lowest BCUT2D eigenvalue weighted by Crippen LogP contribution is -2.42. The van der Waals surface area contributed by atoms with Gasteiger partial charge in [-0.05, 0) is 43.4 Å². The molecule has 172 valence electrons. The van der Waals surface area contributed by atoms with Crippen molar-refractivity contribution >= 4 is 21.9 Å². The first-order valence-electron chi connectivity index (χ1n) is 11.2. The average molecular weight is 451 g/mol. The highest BCUT2D eigenvalue weighted by Gasteiger charge is 2.38. The normalized spacial score (nSPS) is 17.9. The Morgan fingerprint density at radius 3 is 2.55 bits per heavy atom. The second-order valence-corrected chi connectivity index (χ2v) is 10.0. The number of hydrogen-bond donors (Lipinski definition) is 2. The number of rotatable bonds is 10. The highest BCUT2D eigenvalue weighted by atomic mass is 32.2. The third-order valence-electron chi connectivity index (χ3n) is 5.90. The molecule has 8 nitrogen and oxygen atoms in total. The number of sulfonamides is 1. The van der Waals surface area contributed by atoms with E-state index in [9.17, 15) is 13.2 Å². The molecule has 0 aromatic heterocycles. The molecule has 1 aromatic rings. The van der Waals surface area contributed by atoms with Gasteiger partial charge in [-0.1, -0.05) is 38.3 Å². The van der Waals surface area contributed by atoms with Crippen LogP contribution in [0.5, 0.6) is 0 Å². The van der Waals surface area contributed by atoms with Crippen LogP contribution in [0, 0.1) is 5.41 Å². The number of carbonyl (C=O) groups excluding carboxylic acids is 1. The smallest absolute Gasteiger partial charge is 0.266 e. The zero-order valence-corrected chi connectivity index (χ0v) is 19.1. The summed E-state index contributed by atoms with van der Waals surface area (Å²) in [5, 5.41) is 11.3. The van der Waals surface area contributed by atoms with E-state index in [1.54, 1.807) is 24.3 Å². The molecule has 0 bridgehead atoms. The maximum absolute atomic E-state index is 13.1. The van der Waals surface area contributed by atoms with Gasteiger partial charge < -0.3 is 15.0 Å². The number of benzene rings is 1. The quantitative estimate of drug-likeness (QED) is 0.533. The summed E-state index contributed by atoms with van der Waals surface area (Å²) in [5.41, 5.74) is 0.939. The number of nitrogens with zero attached hydrogens (tertiary/aromatic N) is 2. The van der Waals surface area contributed by atoms with Gasteiger partial charge in [0.1, 0.15) is 6.61 Å². The Hall–Kier alpha value is -2.13. The zero-order chi connectivity index (χ0) is 22.3. The predicted octanol–water partition coefficient (Wildman–Crippen LogP) is 2.35. The molecule has 0 radical (unpaired) electrons. The standard InChI is InChI=1S/C22H34N4O4S/c1-2-16-30-17-21(27)24-13-12-18-8-10-20(11-9-18)31(28,29)26-15-14-25(22(26)23)19-6-4-3-5-7-19/h8-11,19,23H,2-7,12-17H2,1H3,(H,24,27). The Labute approximate surface area is 185 Å². The number of ether oxygens (including phenoxy) is 1. The van der Waals surface area contributed by atoms with Crippen LogP contribution >= 0.6 is 0 Å². The van der Waals surface area contributed by atoms with Gasteiger partial charge in [-0.15, -0.1) is 0 Å². The molecule has 1 aliphatic heterocycles. The lowest BCUT2D eigenvalue weighted by molar-refractivity contribution is -0.125. The molecule has 2 aliphatic rings. The number of carbonyl (C=O) groups is 1. The van der Waals surface area contributed by atoms with Crippen LogP contribution in [0.1, 0.15) is 51.0 Å². The number of guanidine groups is 1. The van der Waals surface area contributed by atoms with Crippen LogP contribution in [0.2, 0.25) is 0 Å². The Morgan fingerprint density at radius 2 is 1.87 bits per heavy atom. The molecule has 2 fully saturated rings. The molecule has 1 amide bonds. The molecule has 1 aromatic carbocycles. The fourth-order valence-corrected chi connectivity index (χ4v) is 5.59. The largest absolute Gasteiger partial charge is 0.372 e. The minimum atomic E-state index is -3.74. The third-order valence-corrected chi connectivity index (χ3v) is 7.70. The van der Waals surface area contributed by atoms with E-state index in [0.717, 1.165) is 37.7 Å². The van der Waals surface area contributed by atoms with E-state index in [1.165, 1.54) is 10.7 Å². The first-order chi connectivity index (χ1) is 14.9. The second-order valence-electron chi connectivity index (χ2n) is 8.18. The van der Waals surface area contributed by atoms with E-state index in [0.29, 0.717) is 32.7 Å². The predicted molar refractivity (Wildman–Crippen MR) is 119 cm³/mol. The summed E-state index contributed by atoms with van der Waals surface area (Å²) >= 11 is 0. The van der Waals surface area contributed by atoms with Crippen LogP contribution in [0.4, 0.5) is 0 Å². The van der Waals surface area contributed by atoms with E-state index in [2.05, 4.69) is 5.32 Å². The first kappa shape index (κ1) is 23.5. The Bertz CT molecular complexity index is 851. The molecule has 3 rings (SSSR count). The van der Waals surface area contributed by atoms with E-state index in [-0.39, 0.29) is 29.4 Å². The third kappa shape index (κ3) is 5.98. The van der Waals surface area contributed by atoms with Crippen LogP contribution in [0.3, 0.4) is 0 Å². The maximum Gasteiger partial charge on any atom is 0.266 e. The van der Waals surface area contributed by atoms with Crippen molar-refractivity contribution in [3.8, 4) is 0 Å². The molecule has 1 saturated heterocycles. The minimum Gasteiger partial charge on any atom is -0.372 e. The number of amides is 1. The van der Waals surface area contributed by atoms with E-state index >= 15 is 0 Å². The molecule has 2 N–H and O–H groups in total. The van der Waals surface area contributed by atoms with E-state index < -0.39 is 10.0 Å². The van der Waals surface area contributed by atoms with Crippen molar-refractivity contribution < 1.29 is 17.9 Å². The monoisotopic (exact) mass is 450 g/mol. The van der Waals surface area contributed by atoms with Crippen molar-refractivity contribution in [1.29, 1.82) is 5.41 Å². The van der Waals surface area contributed by atoms with Crippen molar-refractivity contribution in [2.75, 3.05) is 32.8 Å². The molecule has 9 heteroatoms. The van der Waals surface area contributed by atoms with Crippen LogP contribution in [0.25, 0.3) is 0 Å². The van der Waals surface area contributed by atoms with Crippen LogP contribution in [-0.2, 0) is 26.0 Å². The average Bonchev–Trinajstić information content (AvgIpc) is 3.17. The summed E-state index contributed by atoms with van der Waals surface area (Å²) in [6.07, 6.45) is 7.07. The summed E-state index contributed by atoms with van der Waals surface area (Å²) in [4.78, 5) is 13.8. The van der Waals surface area contributed by atoms with Gasteiger partial charge >= 0.3 is 0 Å². The van der Waals surface area contributed by atoms with Crippen molar-refractivity contribution in [2.45, 2.75) is 62.8 Å². The van der Waals surface area contributed by atoms with Crippen LogP contribution in [-0.4, -0.2) is 68.4 Å². The molecular formula is C22H34N4O4S. The Kier molecular flexibility index (Phi) is 8.31. The van der Waals surface area contributed by atoms with Gasteiger partial charge in [0.05, 0.1) is 11.4 Å². The number of hydrogen-bond acceptors (Lipinski definition) is 5. The first-order valence-corrected chi connectivity index (χ1v) is 12.7. The van der Waals surface area contributed by atoms with Gasteiger partial charge in [0.2, 0.25) is 11.9 Å². The van der Waals surface area contributed by atoms with Crippen LogP contribution in [0.15, 0.2) is 29.2 Å². The lowest BCUT2D eigenvalue weighted by Gasteiger charge is -2.32. The van der Waals surface area contributed by atoms with Gasteiger partial charge in [-0.25, -0.2) is 12.7 Å². The highest BCUT2D eigenvalue weighted by molar-refractivity contribution is 7.89. The van der Waals surface area contributed by atoms with Crippen molar-refractivity contribution in [1.82, 2.24) is 14.5 Å². The summed E-state index contributed by atoms with van der Waals surface area (Å²) < 4.78 is 32.6. The molecule has 1 heterocycles. The van der Waals surface area contributed by atoms with Gasteiger partial charge in [-0.2, -0.15) is 0 Å². The van der Waals surface area contributed by atoms with Crippen molar-refractivity contribution in [3.63, 3.8) is 0 Å². The summed E-state index contributed by atoms with van der Waals surface area (Å²) in [7, 11) is -3.74. The van der Waals surface area contributed by atoms with Crippen LogP contribution < -0.4 is 5.32 Å². The van der Waals surface area contributed by atoms with Crippen molar-refractivity contribution in [3.05, 3.63) is 29.8 Å². The van der Waals surface area contributed by atoms with Gasteiger partial charge in [0.25, 0.3) is 10.0 Å². The Morgan fingerprint density at radius 1 is 1.16 bits per heavy atom. The topological polar surface area (TPSA) is 103 Å². The highest BCUT2D eigenvalue weighted by Crippen LogP contribution is 2.28. The molecule has 0 unspecified atom stereocenters. The van der Waals surface area contributed by atoms with Gasteiger partial charge in [-0.3, -0.25) is 10.2 Å². The Balaban J connectivity index is 1.53. The summed E-state index contributed by atoms with van der Waals surface area (Å²) in [6.45, 7) is 3.99. The fraction of sp³-hybridized carbons (Fsp3) is 0.636. The van der Waals surface area contributed by atoms with Gasteiger partial charge in [0, 0.05) is 25.7 Å². The fourth-order valence-electron chi connectivity index (χ4n) is 4.20. The van der Waals surface area contributed by atoms with Crippen molar-refractivity contribution in [2.24, 2.45) is 0 Å². The molecular weight excluding hydrogens is 416 g/mol. The molecule has 0 spiro atoms. The second kappa shape index (κ2) is 10.9. The van der Waals surface area contributed by atoms with E-state index in [4.69, 9.17) is 10.1 Å². The number of nitrogens with one attached hydrogen (secondary N) is 2. The SMILES string of the molecule is CCCOCC(=O)NCCc1ccc(S(=O)(=O)N2CCN(C3CCCCC3)C2=N)cc1. The molecule has 31 heavy (non-hydrogen) atoms. The molecule has 0 atom stereocenters. The summed E-state index contributed by atoms with van der Waals surface area (Å²) in [6, 6.07) is 7.00. The summed E-state index contributed by atoms with van der Waals surface area (Å²) in [5.74, 6) is -0.0494.